The van der Waals surface area contributed by atoms with Gasteiger partial charge in [-0.25, -0.2) is 0 Å². The molecule has 0 spiro atoms. The van der Waals surface area contributed by atoms with Gasteiger partial charge in [0.2, 0.25) is 0 Å². The number of rotatable bonds is 2. The minimum atomic E-state index is 0.0392. The standard InChI is InChI=1S/C12H14ClN3O2/c13-8-1-2-11-10(5-8)15-12(18-11)16-3-4-17-9(6-14)7-16/h1-2,5,9H,3-4,6-7,14H2. The highest BCUT2D eigenvalue weighted by Crippen LogP contribution is 2.25. The van der Waals surface area contributed by atoms with E-state index in [9.17, 15) is 0 Å². The molecule has 1 unspecified atom stereocenters. The van der Waals surface area contributed by atoms with Gasteiger partial charge in [0, 0.05) is 24.7 Å². The van der Waals surface area contributed by atoms with E-state index in [4.69, 9.17) is 26.5 Å². The van der Waals surface area contributed by atoms with E-state index in [1.165, 1.54) is 0 Å². The van der Waals surface area contributed by atoms with Gasteiger partial charge in [0.15, 0.2) is 5.58 Å². The van der Waals surface area contributed by atoms with Crippen molar-refractivity contribution in [3.63, 3.8) is 0 Å². The largest absolute Gasteiger partial charge is 0.423 e. The summed E-state index contributed by atoms with van der Waals surface area (Å²) in [7, 11) is 0. The molecule has 18 heavy (non-hydrogen) atoms. The molecule has 1 aromatic heterocycles. The minimum Gasteiger partial charge on any atom is -0.423 e. The third-order valence-corrected chi connectivity index (χ3v) is 3.25. The summed E-state index contributed by atoms with van der Waals surface area (Å²) >= 11 is 5.93. The number of hydrogen-bond acceptors (Lipinski definition) is 5. The van der Waals surface area contributed by atoms with Crippen LogP contribution >= 0.6 is 11.6 Å². The lowest BCUT2D eigenvalue weighted by Crippen LogP contribution is -2.45. The van der Waals surface area contributed by atoms with Gasteiger partial charge in [-0.1, -0.05) is 11.6 Å². The van der Waals surface area contributed by atoms with E-state index >= 15 is 0 Å². The minimum absolute atomic E-state index is 0.0392. The molecular weight excluding hydrogens is 254 g/mol. The Morgan fingerprint density at radius 3 is 3.22 bits per heavy atom. The van der Waals surface area contributed by atoms with Crippen molar-refractivity contribution in [2.24, 2.45) is 5.73 Å². The predicted molar refractivity (Wildman–Crippen MR) is 70.0 cm³/mol. The Bertz CT molecular complexity index is 557. The summed E-state index contributed by atoms with van der Waals surface area (Å²) in [5.74, 6) is 0. The van der Waals surface area contributed by atoms with E-state index in [1.807, 2.05) is 6.07 Å². The predicted octanol–water partition coefficient (Wildman–Crippen LogP) is 1.65. The number of ether oxygens (including phenoxy) is 1. The maximum Gasteiger partial charge on any atom is 0.298 e. The van der Waals surface area contributed by atoms with Gasteiger partial charge in [-0.2, -0.15) is 4.98 Å². The van der Waals surface area contributed by atoms with Crippen molar-refractivity contribution in [3.05, 3.63) is 23.2 Å². The van der Waals surface area contributed by atoms with E-state index in [-0.39, 0.29) is 6.10 Å². The van der Waals surface area contributed by atoms with Gasteiger partial charge >= 0.3 is 0 Å². The highest BCUT2D eigenvalue weighted by atomic mass is 35.5. The molecule has 0 saturated carbocycles. The number of halogens is 1. The van der Waals surface area contributed by atoms with Crippen molar-refractivity contribution in [2.45, 2.75) is 6.10 Å². The SMILES string of the molecule is NCC1CN(c2nc3cc(Cl)ccc3o2)CCO1. The molecular formula is C12H14ClN3O2. The van der Waals surface area contributed by atoms with E-state index in [2.05, 4.69) is 9.88 Å². The molecule has 2 N–H and O–H groups in total. The Kier molecular flexibility index (Phi) is 3.11. The molecule has 0 amide bonds. The van der Waals surface area contributed by atoms with Gasteiger partial charge in [-0.3, -0.25) is 0 Å². The van der Waals surface area contributed by atoms with Crippen LogP contribution < -0.4 is 10.6 Å². The monoisotopic (exact) mass is 267 g/mol. The fraction of sp³-hybridized carbons (Fsp3) is 0.417. The van der Waals surface area contributed by atoms with Crippen molar-refractivity contribution >= 4 is 28.7 Å². The van der Waals surface area contributed by atoms with Gasteiger partial charge < -0.3 is 19.8 Å². The summed E-state index contributed by atoms with van der Waals surface area (Å²) in [6.07, 6.45) is 0.0392. The molecule has 1 atom stereocenters. The molecule has 3 rings (SSSR count). The second kappa shape index (κ2) is 4.76. The van der Waals surface area contributed by atoms with Crippen LogP contribution in [0.15, 0.2) is 22.6 Å². The molecule has 6 heteroatoms. The fourth-order valence-electron chi connectivity index (χ4n) is 2.06. The highest BCUT2D eigenvalue weighted by molar-refractivity contribution is 6.31. The second-order valence-electron chi connectivity index (χ2n) is 4.28. The fourth-order valence-corrected chi connectivity index (χ4v) is 2.23. The summed E-state index contributed by atoms with van der Waals surface area (Å²) < 4.78 is 11.2. The first-order chi connectivity index (χ1) is 8.76. The van der Waals surface area contributed by atoms with E-state index < -0.39 is 0 Å². The second-order valence-corrected chi connectivity index (χ2v) is 4.72. The van der Waals surface area contributed by atoms with Crippen LogP contribution in [0.4, 0.5) is 6.01 Å². The molecule has 1 aliphatic heterocycles. The Hall–Kier alpha value is -1.30. The van der Waals surface area contributed by atoms with Crippen LogP contribution in [0.1, 0.15) is 0 Å². The molecule has 96 valence electrons. The lowest BCUT2D eigenvalue weighted by Gasteiger charge is -2.30. The number of benzene rings is 1. The number of nitrogens with zero attached hydrogens (tertiary/aromatic N) is 2. The smallest absolute Gasteiger partial charge is 0.298 e. The van der Waals surface area contributed by atoms with Gasteiger partial charge in [-0.05, 0) is 18.2 Å². The molecule has 1 saturated heterocycles. The quantitative estimate of drug-likeness (QED) is 0.896. The number of hydrogen-bond donors (Lipinski definition) is 1. The van der Waals surface area contributed by atoms with E-state index in [1.54, 1.807) is 12.1 Å². The summed E-state index contributed by atoms with van der Waals surface area (Å²) in [5.41, 5.74) is 7.13. The van der Waals surface area contributed by atoms with Crippen LogP contribution in [0.5, 0.6) is 0 Å². The van der Waals surface area contributed by atoms with E-state index in [0.717, 1.165) is 17.6 Å². The number of fused-ring (bicyclic) bond motifs is 1. The molecule has 0 radical (unpaired) electrons. The Morgan fingerprint density at radius 2 is 2.39 bits per heavy atom. The van der Waals surface area contributed by atoms with E-state index in [0.29, 0.717) is 30.7 Å². The molecule has 0 bridgehead atoms. The first-order valence-corrected chi connectivity index (χ1v) is 6.27. The van der Waals surface area contributed by atoms with Crippen molar-refractivity contribution < 1.29 is 9.15 Å². The third kappa shape index (κ3) is 2.16. The summed E-state index contributed by atoms with van der Waals surface area (Å²) in [4.78, 5) is 6.49. The van der Waals surface area contributed by atoms with Crippen LogP contribution in [-0.4, -0.2) is 37.3 Å². The van der Waals surface area contributed by atoms with Gasteiger partial charge in [-0.15, -0.1) is 0 Å². The molecule has 1 fully saturated rings. The number of nitrogens with two attached hydrogens (primary N) is 1. The first kappa shape index (κ1) is 11.8. The molecule has 2 aromatic rings. The molecule has 1 aromatic carbocycles. The van der Waals surface area contributed by atoms with Crippen LogP contribution in [-0.2, 0) is 4.74 Å². The zero-order chi connectivity index (χ0) is 12.5. The van der Waals surface area contributed by atoms with Crippen molar-refractivity contribution in [1.82, 2.24) is 4.98 Å². The average molecular weight is 268 g/mol. The number of morpholine rings is 1. The maximum absolute atomic E-state index is 5.93. The molecule has 2 heterocycles. The van der Waals surface area contributed by atoms with Crippen molar-refractivity contribution in [2.75, 3.05) is 31.1 Å². The topological polar surface area (TPSA) is 64.5 Å². The number of aromatic nitrogens is 1. The third-order valence-electron chi connectivity index (χ3n) is 3.01. The average Bonchev–Trinajstić information content (AvgIpc) is 2.81. The summed E-state index contributed by atoms with van der Waals surface area (Å²) in [6.45, 7) is 2.61. The van der Waals surface area contributed by atoms with Crippen LogP contribution in [0.25, 0.3) is 11.1 Å². The Morgan fingerprint density at radius 1 is 1.50 bits per heavy atom. The van der Waals surface area contributed by atoms with Crippen LogP contribution in [0.2, 0.25) is 5.02 Å². The van der Waals surface area contributed by atoms with Crippen molar-refractivity contribution in [3.8, 4) is 0 Å². The van der Waals surface area contributed by atoms with Crippen LogP contribution in [0.3, 0.4) is 0 Å². The lowest BCUT2D eigenvalue weighted by molar-refractivity contribution is 0.0449. The highest BCUT2D eigenvalue weighted by Gasteiger charge is 2.23. The summed E-state index contributed by atoms with van der Waals surface area (Å²) in [5, 5.41) is 0.657. The Balaban J connectivity index is 1.89. The van der Waals surface area contributed by atoms with Gasteiger partial charge in [0.05, 0.1) is 12.7 Å². The lowest BCUT2D eigenvalue weighted by atomic mass is 10.3. The number of oxazole rings is 1. The number of anilines is 1. The maximum atomic E-state index is 5.93. The normalized spacial score (nSPS) is 20.6. The van der Waals surface area contributed by atoms with Gasteiger partial charge in [0.25, 0.3) is 6.01 Å². The zero-order valence-corrected chi connectivity index (χ0v) is 10.6. The first-order valence-electron chi connectivity index (χ1n) is 5.89. The Labute approximate surface area is 109 Å². The molecule has 5 nitrogen and oxygen atoms in total. The van der Waals surface area contributed by atoms with Gasteiger partial charge in [0.1, 0.15) is 5.52 Å². The van der Waals surface area contributed by atoms with Crippen molar-refractivity contribution in [1.29, 1.82) is 0 Å². The molecule has 1 aliphatic rings. The van der Waals surface area contributed by atoms with Crippen LogP contribution in [0, 0.1) is 0 Å². The zero-order valence-electron chi connectivity index (χ0n) is 9.80. The molecule has 0 aliphatic carbocycles. The summed E-state index contributed by atoms with van der Waals surface area (Å²) in [6, 6.07) is 6.02.